The molecule has 4 nitrogen and oxygen atoms in total. The lowest BCUT2D eigenvalue weighted by Crippen LogP contribution is -2.27. The molecule has 0 atom stereocenters. The van der Waals surface area contributed by atoms with Gasteiger partial charge in [-0.15, -0.1) is 0 Å². The van der Waals surface area contributed by atoms with Gasteiger partial charge in [0.25, 0.3) is 5.91 Å². The Balaban J connectivity index is 2.12. The van der Waals surface area contributed by atoms with Crippen LogP contribution >= 0.6 is 0 Å². The normalized spacial score (nSPS) is 10.2. The fourth-order valence-electron chi connectivity index (χ4n) is 1.86. The van der Waals surface area contributed by atoms with E-state index in [0.29, 0.717) is 12.1 Å². The van der Waals surface area contributed by atoms with E-state index in [-0.39, 0.29) is 11.7 Å². The topological polar surface area (TPSA) is 53.4 Å². The minimum absolute atomic E-state index is 0.0568. The summed E-state index contributed by atoms with van der Waals surface area (Å²) in [6, 6.07) is 10.4. The lowest BCUT2D eigenvalue weighted by molar-refractivity contribution is 0.0784. The van der Waals surface area contributed by atoms with Gasteiger partial charge in [-0.05, 0) is 36.8 Å². The molecule has 19 heavy (non-hydrogen) atoms. The number of aryl methyl sites for hydroxylation is 1. The van der Waals surface area contributed by atoms with Gasteiger partial charge in [-0.3, -0.25) is 9.78 Å². The Hall–Kier alpha value is -2.36. The lowest BCUT2D eigenvalue weighted by atomic mass is 10.1. The zero-order chi connectivity index (χ0) is 13.8. The van der Waals surface area contributed by atoms with E-state index in [0.717, 1.165) is 11.3 Å². The smallest absolute Gasteiger partial charge is 0.255 e. The molecule has 1 heterocycles. The predicted octanol–water partition coefficient (Wildman–Crippen LogP) is 2.37. The Morgan fingerprint density at radius 3 is 2.58 bits per heavy atom. The van der Waals surface area contributed by atoms with Crippen LogP contribution in [-0.4, -0.2) is 27.9 Å². The molecule has 2 aromatic rings. The standard InChI is InChI=1S/C15H16N2O2/c1-11-14(4-3-9-16-11)15(19)17(2)10-12-5-7-13(18)8-6-12/h3-9,18H,10H2,1-2H3. The van der Waals surface area contributed by atoms with Crippen LogP contribution in [0.1, 0.15) is 21.6 Å². The van der Waals surface area contributed by atoms with E-state index in [1.165, 1.54) is 0 Å². The monoisotopic (exact) mass is 256 g/mol. The molecule has 0 aliphatic rings. The van der Waals surface area contributed by atoms with Crippen molar-refractivity contribution < 1.29 is 9.90 Å². The molecule has 4 heteroatoms. The molecule has 1 amide bonds. The number of phenolic OH excluding ortho intramolecular Hbond substituents is 1. The number of hydrogen-bond acceptors (Lipinski definition) is 3. The van der Waals surface area contributed by atoms with Gasteiger partial charge in [-0.1, -0.05) is 12.1 Å². The van der Waals surface area contributed by atoms with Crippen LogP contribution in [0.15, 0.2) is 42.6 Å². The van der Waals surface area contributed by atoms with Crippen LogP contribution in [0.3, 0.4) is 0 Å². The first kappa shape index (κ1) is 13.1. The molecule has 0 bridgehead atoms. The summed E-state index contributed by atoms with van der Waals surface area (Å²) in [5.41, 5.74) is 2.31. The number of benzene rings is 1. The predicted molar refractivity (Wildman–Crippen MR) is 72.9 cm³/mol. The highest BCUT2D eigenvalue weighted by molar-refractivity contribution is 5.94. The van der Waals surface area contributed by atoms with E-state index in [4.69, 9.17) is 0 Å². The highest BCUT2D eigenvalue weighted by Gasteiger charge is 2.14. The average molecular weight is 256 g/mol. The van der Waals surface area contributed by atoms with Gasteiger partial charge in [-0.25, -0.2) is 0 Å². The van der Waals surface area contributed by atoms with Crippen molar-refractivity contribution in [2.24, 2.45) is 0 Å². The van der Waals surface area contributed by atoms with Crippen molar-refractivity contribution in [3.8, 4) is 5.75 Å². The van der Waals surface area contributed by atoms with Crippen molar-refractivity contribution in [1.82, 2.24) is 9.88 Å². The van der Waals surface area contributed by atoms with E-state index in [1.54, 1.807) is 54.5 Å². The number of pyridine rings is 1. The molecule has 0 saturated heterocycles. The first-order valence-electron chi connectivity index (χ1n) is 6.03. The molecule has 0 radical (unpaired) electrons. The molecule has 1 N–H and O–H groups in total. The second-order valence-electron chi connectivity index (χ2n) is 4.46. The summed E-state index contributed by atoms with van der Waals surface area (Å²) < 4.78 is 0. The number of aromatic nitrogens is 1. The molecule has 0 aliphatic carbocycles. The fourth-order valence-corrected chi connectivity index (χ4v) is 1.86. The van der Waals surface area contributed by atoms with E-state index in [2.05, 4.69) is 4.98 Å². The molecule has 0 saturated carbocycles. The van der Waals surface area contributed by atoms with E-state index in [9.17, 15) is 9.90 Å². The maximum absolute atomic E-state index is 12.3. The summed E-state index contributed by atoms with van der Waals surface area (Å²) in [5.74, 6) is 0.166. The van der Waals surface area contributed by atoms with Crippen LogP contribution in [-0.2, 0) is 6.54 Å². The van der Waals surface area contributed by atoms with Crippen molar-refractivity contribution in [2.75, 3.05) is 7.05 Å². The molecule has 2 rings (SSSR count). The van der Waals surface area contributed by atoms with Gasteiger partial charge in [0.2, 0.25) is 0 Å². The highest BCUT2D eigenvalue weighted by atomic mass is 16.3. The van der Waals surface area contributed by atoms with Crippen molar-refractivity contribution >= 4 is 5.91 Å². The number of nitrogens with zero attached hydrogens (tertiary/aromatic N) is 2. The maximum atomic E-state index is 12.3. The molecule has 0 spiro atoms. The second-order valence-corrected chi connectivity index (χ2v) is 4.46. The minimum atomic E-state index is -0.0568. The van der Waals surface area contributed by atoms with Crippen LogP contribution in [0.25, 0.3) is 0 Å². The number of aromatic hydroxyl groups is 1. The summed E-state index contributed by atoms with van der Waals surface area (Å²) in [6.07, 6.45) is 1.67. The SMILES string of the molecule is Cc1ncccc1C(=O)N(C)Cc1ccc(O)cc1. The van der Waals surface area contributed by atoms with Crippen molar-refractivity contribution in [1.29, 1.82) is 0 Å². The number of hydrogen-bond donors (Lipinski definition) is 1. The van der Waals surface area contributed by atoms with Crippen molar-refractivity contribution in [2.45, 2.75) is 13.5 Å². The van der Waals surface area contributed by atoms with E-state index >= 15 is 0 Å². The third-order valence-electron chi connectivity index (χ3n) is 2.94. The molecule has 1 aromatic heterocycles. The third-order valence-corrected chi connectivity index (χ3v) is 2.94. The number of rotatable bonds is 3. The summed E-state index contributed by atoms with van der Waals surface area (Å²) in [5, 5.41) is 9.23. The van der Waals surface area contributed by atoms with Crippen molar-refractivity contribution in [3.63, 3.8) is 0 Å². The summed E-state index contributed by atoms with van der Waals surface area (Å²) in [6.45, 7) is 2.31. The fraction of sp³-hybridized carbons (Fsp3) is 0.200. The Kier molecular flexibility index (Phi) is 3.80. The van der Waals surface area contributed by atoms with E-state index < -0.39 is 0 Å². The highest BCUT2D eigenvalue weighted by Crippen LogP contribution is 2.13. The van der Waals surface area contributed by atoms with Crippen LogP contribution in [0.5, 0.6) is 5.75 Å². The van der Waals surface area contributed by atoms with Gasteiger partial charge in [0.15, 0.2) is 0 Å². The molecule has 1 aromatic carbocycles. The zero-order valence-electron chi connectivity index (χ0n) is 11.0. The van der Waals surface area contributed by atoms with Gasteiger partial charge < -0.3 is 10.0 Å². The number of carbonyl (C=O) groups excluding carboxylic acids is 1. The maximum Gasteiger partial charge on any atom is 0.255 e. The second kappa shape index (κ2) is 5.52. The molecular weight excluding hydrogens is 240 g/mol. The van der Waals surface area contributed by atoms with Gasteiger partial charge in [0.05, 0.1) is 5.56 Å². The Labute approximate surface area is 112 Å². The third kappa shape index (κ3) is 3.10. The molecule has 0 fully saturated rings. The van der Waals surface area contributed by atoms with Gasteiger partial charge >= 0.3 is 0 Å². The van der Waals surface area contributed by atoms with Crippen molar-refractivity contribution in [3.05, 3.63) is 59.4 Å². The Morgan fingerprint density at radius 2 is 1.95 bits per heavy atom. The molecule has 0 aliphatic heterocycles. The number of phenols is 1. The lowest BCUT2D eigenvalue weighted by Gasteiger charge is -2.18. The average Bonchev–Trinajstić information content (AvgIpc) is 2.41. The molecular formula is C15H16N2O2. The quantitative estimate of drug-likeness (QED) is 0.917. The van der Waals surface area contributed by atoms with Crippen LogP contribution in [0.2, 0.25) is 0 Å². The van der Waals surface area contributed by atoms with Gasteiger partial charge in [0, 0.05) is 25.5 Å². The molecule has 98 valence electrons. The summed E-state index contributed by atoms with van der Waals surface area (Å²) in [4.78, 5) is 18.0. The van der Waals surface area contributed by atoms with Crippen LogP contribution < -0.4 is 0 Å². The zero-order valence-corrected chi connectivity index (χ0v) is 11.0. The summed E-state index contributed by atoms with van der Waals surface area (Å²) in [7, 11) is 1.75. The number of carbonyl (C=O) groups is 1. The number of amides is 1. The first-order valence-corrected chi connectivity index (χ1v) is 6.03. The minimum Gasteiger partial charge on any atom is -0.508 e. The largest absolute Gasteiger partial charge is 0.508 e. The molecule has 0 unspecified atom stereocenters. The van der Waals surface area contributed by atoms with Crippen LogP contribution in [0.4, 0.5) is 0 Å². The first-order chi connectivity index (χ1) is 9.08. The van der Waals surface area contributed by atoms with E-state index in [1.807, 2.05) is 6.92 Å². The van der Waals surface area contributed by atoms with Crippen LogP contribution in [0, 0.1) is 6.92 Å². The van der Waals surface area contributed by atoms with Gasteiger partial charge in [-0.2, -0.15) is 0 Å². The van der Waals surface area contributed by atoms with Gasteiger partial charge in [0.1, 0.15) is 5.75 Å². The summed E-state index contributed by atoms with van der Waals surface area (Å²) >= 11 is 0. The Bertz CT molecular complexity index is 579. The Morgan fingerprint density at radius 1 is 1.26 bits per heavy atom.